The summed E-state index contributed by atoms with van der Waals surface area (Å²) in [6.07, 6.45) is 1.74. The monoisotopic (exact) mass is 620 g/mol. The van der Waals surface area contributed by atoms with Gasteiger partial charge in [0.15, 0.2) is 16.7 Å². The lowest BCUT2D eigenvalue weighted by Gasteiger charge is -2.14. The average molecular weight is 622 g/mol. The number of halogens is 3. The highest BCUT2D eigenvalue weighted by Crippen LogP contribution is 2.39. The Kier molecular flexibility index (Phi) is 8.49. The maximum atomic E-state index is 12.9. The van der Waals surface area contributed by atoms with Crippen molar-refractivity contribution in [2.45, 2.75) is 6.61 Å². The molecule has 3 aromatic rings. The van der Waals surface area contributed by atoms with E-state index in [0.29, 0.717) is 47.3 Å². The van der Waals surface area contributed by atoms with Gasteiger partial charge in [-0.25, -0.2) is 9.79 Å². The second-order valence-corrected chi connectivity index (χ2v) is 10.5. The van der Waals surface area contributed by atoms with Gasteiger partial charge < -0.3 is 14.6 Å². The predicted molar refractivity (Wildman–Crippen MR) is 150 cm³/mol. The number of aliphatic imine (C=N–C) groups is 1. The van der Waals surface area contributed by atoms with Crippen molar-refractivity contribution < 1.29 is 24.2 Å². The van der Waals surface area contributed by atoms with E-state index in [9.17, 15) is 9.59 Å². The van der Waals surface area contributed by atoms with Crippen molar-refractivity contribution in [3.05, 3.63) is 90.7 Å². The molecular weight excluding hydrogens is 603 g/mol. The summed E-state index contributed by atoms with van der Waals surface area (Å²) in [6, 6.07) is 14.8. The quantitative estimate of drug-likeness (QED) is 0.279. The highest BCUT2D eigenvalue weighted by atomic mass is 79.9. The molecule has 1 heterocycles. The summed E-state index contributed by atoms with van der Waals surface area (Å²) in [5.74, 6) is -0.249. The van der Waals surface area contributed by atoms with Crippen LogP contribution >= 0.6 is 50.9 Å². The number of carbonyl (C=O) groups excluding carboxylic acids is 1. The Hall–Kier alpha value is -2.98. The normalized spacial score (nSPS) is 15.5. The standard InChI is InChI=1S/C26H19BrCl2N2O5S/c1-31-24(32)23(37-26(31)30-18-7-4-14(5-8-18)25(33)34)10-16-9-21(35-2)22(12-19(16)27)36-13-15-3-6-17(28)11-20(15)29/h3-12H,13H2,1-2H3,(H,33,34)/b23-10-,30-26?. The fourth-order valence-electron chi connectivity index (χ4n) is 3.31. The van der Waals surface area contributed by atoms with E-state index in [1.54, 1.807) is 55.6 Å². The Labute approximate surface area is 235 Å². The number of carboxylic acid groups (broad SMARTS) is 1. The molecule has 1 aliphatic heterocycles. The van der Waals surface area contributed by atoms with Crippen molar-refractivity contribution in [1.82, 2.24) is 4.90 Å². The zero-order valence-electron chi connectivity index (χ0n) is 19.5. The van der Waals surface area contributed by atoms with Crippen LogP contribution in [0.25, 0.3) is 6.08 Å². The lowest BCUT2D eigenvalue weighted by molar-refractivity contribution is -0.121. The highest BCUT2D eigenvalue weighted by molar-refractivity contribution is 9.10. The van der Waals surface area contributed by atoms with Crippen LogP contribution in [0.5, 0.6) is 11.5 Å². The zero-order chi connectivity index (χ0) is 26.7. The lowest BCUT2D eigenvalue weighted by Crippen LogP contribution is -2.23. The number of benzene rings is 3. The smallest absolute Gasteiger partial charge is 0.335 e. The van der Waals surface area contributed by atoms with E-state index in [1.807, 2.05) is 0 Å². The number of nitrogens with zero attached hydrogens (tertiary/aromatic N) is 2. The number of amidine groups is 1. The van der Waals surface area contributed by atoms with Crippen LogP contribution in [-0.2, 0) is 11.4 Å². The third-order valence-corrected chi connectivity index (χ3v) is 7.64. The Balaban J connectivity index is 1.56. The molecule has 190 valence electrons. The van der Waals surface area contributed by atoms with Crippen molar-refractivity contribution in [3.8, 4) is 11.5 Å². The van der Waals surface area contributed by atoms with Gasteiger partial charge in [0.05, 0.1) is 23.3 Å². The van der Waals surface area contributed by atoms with Crippen LogP contribution in [0.1, 0.15) is 21.5 Å². The first-order valence-electron chi connectivity index (χ1n) is 10.7. The van der Waals surface area contributed by atoms with Gasteiger partial charge in [-0.2, -0.15) is 0 Å². The SMILES string of the molecule is COc1cc(/C=C2\SC(=Nc3ccc(C(=O)O)cc3)N(C)C2=O)c(Br)cc1OCc1ccc(Cl)cc1Cl. The molecule has 1 amide bonds. The van der Waals surface area contributed by atoms with Crippen molar-refractivity contribution in [3.63, 3.8) is 0 Å². The molecule has 4 rings (SSSR count). The molecule has 37 heavy (non-hydrogen) atoms. The van der Waals surface area contributed by atoms with E-state index in [0.717, 1.165) is 5.56 Å². The van der Waals surface area contributed by atoms with E-state index >= 15 is 0 Å². The number of rotatable bonds is 7. The number of likely N-dealkylation sites (N-methyl/N-ethyl adjacent to an activating group) is 1. The predicted octanol–water partition coefficient (Wildman–Crippen LogP) is 7.28. The minimum absolute atomic E-state index is 0.163. The van der Waals surface area contributed by atoms with E-state index in [-0.39, 0.29) is 18.1 Å². The van der Waals surface area contributed by atoms with Gasteiger partial charge in [-0.15, -0.1) is 0 Å². The van der Waals surface area contributed by atoms with Crippen molar-refractivity contribution in [2.75, 3.05) is 14.2 Å². The summed E-state index contributed by atoms with van der Waals surface area (Å²) in [4.78, 5) is 30.3. The fourth-order valence-corrected chi connectivity index (χ4v) is 5.19. The number of ether oxygens (including phenoxy) is 2. The van der Waals surface area contributed by atoms with Gasteiger partial charge in [0.1, 0.15) is 6.61 Å². The second kappa shape index (κ2) is 11.6. The molecule has 11 heteroatoms. The van der Waals surface area contributed by atoms with Crippen LogP contribution in [0.2, 0.25) is 10.0 Å². The molecule has 0 spiro atoms. The Morgan fingerprint density at radius 2 is 1.86 bits per heavy atom. The maximum absolute atomic E-state index is 12.9. The fraction of sp³-hybridized carbons (Fsp3) is 0.115. The first-order valence-corrected chi connectivity index (χ1v) is 13.1. The van der Waals surface area contributed by atoms with Gasteiger partial charge in [0.2, 0.25) is 0 Å². The summed E-state index contributed by atoms with van der Waals surface area (Å²) in [7, 11) is 3.17. The van der Waals surface area contributed by atoms with Crippen LogP contribution in [0.4, 0.5) is 5.69 Å². The van der Waals surface area contributed by atoms with Crippen LogP contribution in [0.3, 0.4) is 0 Å². The van der Waals surface area contributed by atoms with Crippen LogP contribution in [-0.4, -0.2) is 41.2 Å². The number of hydrogen-bond donors (Lipinski definition) is 1. The molecule has 1 aliphatic rings. The van der Waals surface area contributed by atoms with Gasteiger partial charge in [-0.1, -0.05) is 45.2 Å². The number of carboxylic acids is 1. The van der Waals surface area contributed by atoms with Crippen LogP contribution in [0, 0.1) is 0 Å². The van der Waals surface area contributed by atoms with Crippen molar-refractivity contribution in [1.29, 1.82) is 0 Å². The summed E-state index contributed by atoms with van der Waals surface area (Å²) < 4.78 is 12.2. The second-order valence-electron chi connectivity index (χ2n) is 7.77. The van der Waals surface area contributed by atoms with E-state index in [1.165, 1.54) is 35.9 Å². The number of thioether (sulfide) groups is 1. The molecule has 0 unspecified atom stereocenters. The van der Waals surface area contributed by atoms with Crippen molar-refractivity contribution >= 4 is 79.7 Å². The van der Waals surface area contributed by atoms with Gasteiger partial charge >= 0.3 is 5.97 Å². The molecule has 3 aromatic carbocycles. The number of carbonyl (C=O) groups is 2. The molecule has 1 fully saturated rings. The zero-order valence-corrected chi connectivity index (χ0v) is 23.4. The minimum Gasteiger partial charge on any atom is -0.493 e. The molecule has 0 saturated carbocycles. The van der Waals surface area contributed by atoms with Crippen molar-refractivity contribution in [2.24, 2.45) is 4.99 Å². The number of hydrogen-bond acceptors (Lipinski definition) is 6. The highest BCUT2D eigenvalue weighted by Gasteiger charge is 2.30. The van der Waals surface area contributed by atoms with E-state index in [4.69, 9.17) is 37.8 Å². The molecule has 1 N–H and O–H groups in total. The Morgan fingerprint density at radius 1 is 1.14 bits per heavy atom. The van der Waals surface area contributed by atoms with Gasteiger partial charge in [-0.3, -0.25) is 9.69 Å². The molecule has 0 bridgehead atoms. The summed E-state index contributed by atoms with van der Waals surface area (Å²) in [5.41, 5.74) is 2.19. The molecule has 1 saturated heterocycles. The summed E-state index contributed by atoms with van der Waals surface area (Å²) >= 11 is 17.0. The van der Waals surface area contributed by atoms with Gasteiger partial charge in [0, 0.05) is 27.1 Å². The largest absolute Gasteiger partial charge is 0.493 e. The summed E-state index contributed by atoms with van der Waals surface area (Å²) in [5, 5.41) is 10.6. The maximum Gasteiger partial charge on any atom is 0.335 e. The molecule has 0 aliphatic carbocycles. The van der Waals surface area contributed by atoms with E-state index in [2.05, 4.69) is 20.9 Å². The Bertz CT molecular complexity index is 1440. The minimum atomic E-state index is -1.02. The Morgan fingerprint density at radius 3 is 2.51 bits per heavy atom. The molecule has 0 radical (unpaired) electrons. The number of amides is 1. The van der Waals surface area contributed by atoms with E-state index < -0.39 is 5.97 Å². The third kappa shape index (κ3) is 6.30. The van der Waals surface area contributed by atoms with Crippen LogP contribution in [0.15, 0.2) is 69.0 Å². The van der Waals surface area contributed by atoms with Gasteiger partial charge in [-0.05, 0) is 71.9 Å². The molecular formula is C26H19BrCl2N2O5S. The number of methoxy groups -OCH3 is 1. The molecule has 0 atom stereocenters. The van der Waals surface area contributed by atoms with Crippen LogP contribution < -0.4 is 9.47 Å². The number of aromatic carboxylic acids is 1. The topological polar surface area (TPSA) is 88.4 Å². The molecule has 7 nitrogen and oxygen atoms in total. The average Bonchev–Trinajstić information content (AvgIpc) is 3.12. The lowest BCUT2D eigenvalue weighted by atomic mass is 10.1. The van der Waals surface area contributed by atoms with Gasteiger partial charge in [0.25, 0.3) is 5.91 Å². The molecule has 0 aromatic heterocycles. The summed E-state index contributed by atoms with van der Waals surface area (Å²) in [6.45, 7) is 0.214. The first kappa shape index (κ1) is 27.1. The first-order chi connectivity index (χ1) is 17.7. The third-order valence-electron chi connectivity index (χ3n) is 5.31.